The molecule has 0 unspecified atom stereocenters. The summed E-state index contributed by atoms with van der Waals surface area (Å²) >= 11 is 0. The summed E-state index contributed by atoms with van der Waals surface area (Å²) in [6.45, 7) is 2.79. The van der Waals surface area contributed by atoms with Gasteiger partial charge in [-0.3, -0.25) is 0 Å². The fraction of sp³-hybridized carbons (Fsp3) is 0.579. The van der Waals surface area contributed by atoms with Crippen LogP contribution in [0.4, 0.5) is 0 Å². The van der Waals surface area contributed by atoms with E-state index >= 15 is 0 Å². The average molecular weight is 453 g/mol. The summed E-state index contributed by atoms with van der Waals surface area (Å²) in [6, 6.07) is 7.71. The summed E-state index contributed by atoms with van der Waals surface area (Å²) in [5, 5.41) is 3.34. The van der Waals surface area contributed by atoms with Crippen LogP contribution in [0.5, 0.6) is 0 Å². The Kier molecular flexibility index (Phi) is 5.86. The molecule has 136 valence electrons. The highest BCUT2D eigenvalue weighted by Crippen LogP contribution is 2.38. The van der Waals surface area contributed by atoms with Crippen LogP contribution in [0.25, 0.3) is 11.0 Å². The van der Waals surface area contributed by atoms with E-state index in [0.29, 0.717) is 24.6 Å². The molecule has 4 rings (SSSR count). The molecule has 1 aromatic heterocycles. The molecule has 2 aliphatic carbocycles. The van der Waals surface area contributed by atoms with Crippen LogP contribution in [0, 0.1) is 0 Å². The number of hydrogen-bond acceptors (Lipinski definition) is 2. The number of guanidine groups is 1. The topological polar surface area (TPSA) is 68.2 Å². The maximum Gasteiger partial charge on any atom is 0.189 e. The van der Waals surface area contributed by atoms with Crippen LogP contribution in [-0.2, 0) is 13.0 Å². The molecule has 0 bridgehead atoms. The Hall–Kier alpha value is -1.31. The molecule has 2 aliphatic rings. The van der Waals surface area contributed by atoms with Crippen molar-refractivity contribution in [3.05, 3.63) is 29.6 Å². The Morgan fingerprint density at radius 2 is 2.04 bits per heavy atom. The van der Waals surface area contributed by atoms with E-state index in [-0.39, 0.29) is 24.0 Å². The highest BCUT2D eigenvalue weighted by molar-refractivity contribution is 14.0. The number of aryl methyl sites for hydroxylation is 1. The number of aromatic nitrogens is 2. The Morgan fingerprint density at radius 3 is 2.72 bits per heavy atom. The highest BCUT2D eigenvalue weighted by Gasteiger charge is 2.27. The van der Waals surface area contributed by atoms with E-state index in [1.165, 1.54) is 55.4 Å². The Bertz CT molecular complexity index is 757. The van der Waals surface area contributed by atoms with Gasteiger partial charge in [-0.15, -0.1) is 24.0 Å². The molecule has 0 spiro atoms. The summed E-state index contributed by atoms with van der Waals surface area (Å²) in [4.78, 5) is 9.34. The number of benzene rings is 1. The normalized spacial score (nSPS) is 18.5. The lowest BCUT2D eigenvalue weighted by Gasteiger charge is -2.12. The lowest BCUT2D eigenvalue weighted by Crippen LogP contribution is -2.38. The van der Waals surface area contributed by atoms with Gasteiger partial charge in [0.05, 0.1) is 17.6 Å². The molecule has 0 radical (unpaired) electrons. The summed E-state index contributed by atoms with van der Waals surface area (Å²) in [6.07, 6.45) is 8.57. The number of fused-ring (bicyclic) bond motifs is 1. The third-order valence-corrected chi connectivity index (χ3v) is 5.19. The van der Waals surface area contributed by atoms with E-state index in [0.717, 1.165) is 11.9 Å². The van der Waals surface area contributed by atoms with Crippen LogP contribution >= 0.6 is 24.0 Å². The Morgan fingerprint density at radius 1 is 1.28 bits per heavy atom. The first kappa shape index (κ1) is 18.5. The van der Waals surface area contributed by atoms with E-state index in [4.69, 9.17) is 10.7 Å². The zero-order valence-electron chi connectivity index (χ0n) is 14.9. The minimum atomic E-state index is 0. The average Bonchev–Trinajstić information content (AvgIpc) is 3.16. The number of hydrogen-bond donors (Lipinski definition) is 2. The lowest BCUT2D eigenvalue weighted by molar-refractivity contribution is 0.625. The molecular formula is C19H28IN5. The van der Waals surface area contributed by atoms with Gasteiger partial charge in [-0.05, 0) is 43.4 Å². The smallest absolute Gasteiger partial charge is 0.189 e. The first-order chi connectivity index (χ1) is 11.7. The monoisotopic (exact) mass is 453 g/mol. The molecule has 0 aliphatic heterocycles. The minimum Gasteiger partial charge on any atom is -0.370 e. The Balaban J connectivity index is 0.00000182. The van der Waals surface area contributed by atoms with Crippen LogP contribution < -0.4 is 11.1 Å². The summed E-state index contributed by atoms with van der Waals surface area (Å²) in [7, 11) is 0. The van der Waals surface area contributed by atoms with Gasteiger partial charge in [-0.2, -0.15) is 0 Å². The van der Waals surface area contributed by atoms with Crippen molar-refractivity contribution < 1.29 is 0 Å². The Labute approximate surface area is 166 Å². The van der Waals surface area contributed by atoms with E-state index in [2.05, 4.69) is 40.0 Å². The van der Waals surface area contributed by atoms with Crippen LogP contribution in [-0.4, -0.2) is 21.6 Å². The molecule has 2 aromatic rings. The number of nitrogens with zero attached hydrogens (tertiary/aromatic N) is 3. The molecule has 5 nitrogen and oxygen atoms in total. The third kappa shape index (κ3) is 4.10. The van der Waals surface area contributed by atoms with Crippen molar-refractivity contribution in [1.82, 2.24) is 14.9 Å². The zero-order chi connectivity index (χ0) is 16.5. The fourth-order valence-electron chi connectivity index (χ4n) is 3.78. The molecule has 3 N–H and O–H groups in total. The minimum absolute atomic E-state index is 0. The van der Waals surface area contributed by atoms with Crippen molar-refractivity contribution in [2.24, 2.45) is 10.7 Å². The number of imidazole rings is 1. The third-order valence-electron chi connectivity index (χ3n) is 5.19. The molecular weight excluding hydrogens is 425 g/mol. The number of halogens is 1. The van der Waals surface area contributed by atoms with Gasteiger partial charge in [0.1, 0.15) is 5.82 Å². The van der Waals surface area contributed by atoms with Crippen molar-refractivity contribution in [2.45, 2.75) is 70.5 Å². The number of nitrogens with one attached hydrogen (secondary N) is 1. The van der Waals surface area contributed by atoms with Crippen molar-refractivity contribution in [1.29, 1.82) is 0 Å². The molecule has 2 fully saturated rings. The molecule has 0 saturated heterocycles. The first-order valence-electron chi connectivity index (χ1n) is 9.31. The highest BCUT2D eigenvalue weighted by atomic mass is 127. The van der Waals surface area contributed by atoms with Crippen molar-refractivity contribution >= 4 is 41.0 Å². The maximum absolute atomic E-state index is 6.03. The van der Waals surface area contributed by atoms with Gasteiger partial charge in [-0.1, -0.05) is 25.8 Å². The quantitative estimate of drug-likeness (QED) is 0.410. The predicted molar refractivity (Wildman–Crippen MR) is 114 cm³/mol. The van der Waals surface area contributed by atoms with Crippen LogP contribution in [0.2, 0.25) is 0 Å². The largest absolute Gasteiger partial charge is 0.370 e. The molecule has 0 atom stereocenters. The second-order valence-corrected chi connectivity index (χ2v) is 7.13. The van der Waals surface area contributed by atoms with E-state index < -0.39 is 0 Å². The fourth-order valence-corrected chi connectivity index (χ4v) is 3.78. The van der Waals surface area contributed by atoms with Gasteiger partial charge in [0.25, 0.3) is 0 Å². The second kappa shape index (κ2) is 7.93. The van der Waals surface area contributed by atoms with E-state index in [1.54, 1.807) is 0 Å². The van der Waals surface area contributed by atoms with Crippen LogP contribution in [0.15, 0.2) is 23.2 Å². The van der Waals surface area contributed by atoms with Crippen LogP contribution in [0.1, 0.15) is 62.9 Å². The van der Waals surface area contributed by atoms with E-state index in [1.807, 2.05) is 0 Å². The molecule has 1 heterocycles. The number of rotatable bonds is 5. The molecule has 6 heteroatoms. The molecule has 25 heavy (non-hydrogen) atoms. The molecule has 0 amide bonds. The summed E-state index contributed by atoms with van der Waals surface area (Å²) in [5.74, 6) is 1.77. The predicted octanol–water partition coefficient (Wildman–Crippen LogP) is 3.90. The van der Waals surface area contributed by atoms with Gasteiger partial charge in [-0.25, -0.2) is 9.98 Å². The van der Waals surface area contributed by atoms with Gasteiger partial charge in [0, 0.05) is 18.5 Å². The molecule has 1 aromatic carbocycles. The SMILES string of the molecule is CCc1nc2cc(CN=C(N)NC3CCCC3)ccc2n1C1CC1.I. The van der Waals surface area contributed by atoms with Gasteiger partial charge >= 0.3 is 0 Å². The second-order valence-electron chi connectivity index (χ2n) is 7.13. The van der Waals surface area contributed by atoms with Crippen molar-refractivity contribution in [3.8, 4) is 0 Å². The van der Waals surface area contributed by atoms with Crippen molar-refractivity contribution in [3.63, 3.8) is 0 Å². The van der Waals surface area contributed by atoms with Gasteiger partial charge < -0.3 is 15.6 Å². The zero-order valence-corrected chi connectivity index (χ0v) is 17.2. The van der Waals surface area contributed by atoms with Crippen LogP contribution in [0.3, 0.4) is 0 Å². The van der Waals surface area contributed by atoms with Crippen molar-refractivity contribution in [2.75, 3.05) is 0 Å². The lowest BCUT2D eigenvalue weighted by atomic mass is 10.2. The van der Waals surface area contributed by atoms with Gasteiger partial charge in [0.2, 0.25) is 0 Å². The molecule has 2 saturated carbocycles. The summed E-state index contributed by atoms with van der Waals surface area (Å²) in [5.41, 5.74) is 9.55. The first-order valence-corrected chi connectivity index (χ1v) is 9.31. The number of aliphatic imine (C=N–C) groups is 1. The standard InChI is InChI=1S/C19H27N5.HI/c1-2-18-23-16-11-13(7-10-17(16)24(18)15-8-9-15)12-21-19(20)22-14-5-3-4-6-14;/h7,10-11,14-15H,2-6,8-9,12H2,1H3,(H3,20,21,22);1H. The maximum atomic E-state index is 6.03. The van der Waals surface area contributed by atoms with E-state index in [9.17, 15) is 0 Å². The number of nitrogens with two attached hydrogens (primary N) is 1. The van der Waals surface area contributed by atoms with Gasteiger partial charge in [0.15, 0.2) is 5.96 Å². The summed E-state index contributed by atoms with van der Waals surface area (Å²) < 4.78 is 2.43.